The molecule has 0 aliphatic rings. The van der Waals surface area contributed by atoms with Crippen molar-refractivity contribution in [1.82, 2.24) is 0 Å². The predicted molar refractivity (Wildman–Crippen MR) is 63.1 cm³/mol. The molecule has 0 saturated heterocycles. The molecule has 0 amide bonds. The standard InChI is InChI=1S/C11H16ClNO3/c1-7-8(4-5-16-13)11(15-3)10(14-2)6-9(7)12/h6H,4-5,13H2,1-3H3. The molecule has 2 N–H and O–H groups in total. The zero-order valence-corrected chi connectivity index (χ0v) is 10.4. The minimum absolute atomic E-state index is 0.403. The summed E-state index contributed by atoms with van der Waals surface area (Å²) in [5.74, 6) is 6.32. The third-order valence-electron chi connectivity index (χ3n) is 2.46. The minimum atomic E-state index is 0.403. The molecular formula is C11H16ClNO3. The largest absolute Gasteiger partial charge is 0.493 e. The van der Waals surface area contributed by atoms with E-state index < -0.39 is 0 Å². The van der Waals surface area contributed by atoms with E-state index in [2.05, 4.69) is 4.84 Å². The first-order valence-electron chi connectivity index (χ1n) is 4.87. The first-order valence-corrected chi connectivity index (χ1v) is 5.25. The Bertz CT molecular complexity index is 369. The average Bonchev–Trinajstić information content (AvgIpc) is 2.30. The number of hydrogen-bond acceptors (Lipinski definition) is 4. The van der Waals surface area contributed by atoms with Crippen LogP contribution in [0, 0.1) is 6.92 Å². The smallest absolute Gasteiger partial charge is 0.164 e. The van der Waals surface area contributed by atoms with Crippen LogP contribution in [-0.2, 0) is 11.3 Å². The van der Waals surface area contributed by atoms with Gasteiger partial charge in [-0.2, -0.15) is 0 Å². The molecule has 1 aromatic rings. The highest BCUT2D eigenvalue weighted by atomic mass is 35.5. The van der Waals surface area contributed by atoms with Crippen molar-refractivity contribution in [3.8, 4) is 11.5 Å². The van der Waals surface area contributed by atoms with E-state index in [9.17, 15) is 0 Å². The predicted octanol–water partition coefficient (Wildman–Crippen LogP) is 2.10. The molecule has 90 valence electrons. The quantitative estimate of drug-likeness (QED) is 0.808. The van der Waals surface area contributed by atoms with Crippen molar-refractivity contribution < 1.29 is 14.3 Å². The highest BCUT2D eigenvalue weighted by Gasteiger charge is 2.15. The van der Waals surface area contributed by atoms with Gasteiger partial charge in [0.05, 0.1) is 20.8 Å². The third-order valence-corrected chi connectivity index (χ3v) is 2.85. The molecule has 0 spiro atoms. The van der Waals surface area contributed by atoms with E-state index in [0.29, 0.717) is 29.5 Å². The maximum Gasteiger partial charge on any atom is 0.164 e. The van der Waals surface area contributed by atoms with Gasteiger partial charge < -0.3 is 14.3 Å². The van der Waals surface area contributed by atoms with Crippen LogP contribution in [0.25, 0.3) is 0 Å². The summed E-state index contributed by atoms with van der Waals surface area (Å²) in [4.78, 5) is 4.57. The van der Waals surface area contributed by atoms with Gasteiger partial charge in [-0.3, -0.25) is 0 Å². The molecule has 0 aliphatic heterocycles. The van der Waals surface area contributed by atoms with Crippen molar-refractivity contribution in [1.29, 1.82) is 0 Å². The van der Waals surface area contributed by atoms with E-state index in [1.165, 1.54) is 0 Å². The molecule has 0 aliphatic carbocycles. The van der Waals surface area contributed by atoms with Crippen molar-refractivity contribution in [3.63, 3.8) is 0 Å². The van der Waals surface area contributed by atoms with Crippen LogP contribution in [0.3, 0.4) is 0 Å². The molecule has 0 heterocycles. The maximum atomic E-state index is 6.10. The molecule has 16 heavy (non-hydrogen) atoms. The van der Waals surface area contributed by atoms with Gasteiger partial charge in [0.25, 0.3) is 0 Å². The van der Waals surface area contributed by atoms with Gasteiger partial charge in [0.15, 0.2) is 11.5 Å². The highest BCUT2D eigenvalue weighted by molar-refractivity contribution is 6.31. The summed E-state index contributed by atoms with van der Waals surface area (Å²) in [7, 11) is 3.17. The minimum Gasteiger partial charge on any atom is -0.493 e. The van der Waals surface area contributed by atoms with Crippen LogP contribution in [-0.4, -0.2) is 20.8 Å². The zero-order chi connectivity index (χ0) is 12.1. The van der Waals surface area contributed by atoms with Gasteiger partial charge in [0.1, 0.15) is 0 Å². The summed E-state index contributed by atoms with van der Waals surface area (Å²) in [5.41, 5.74) is 1.91. The fourth-order valence-electron chi connectivity index (χ4n) is 1.59. The lowest BCUT2D eigenvalue weighted by Crippen LogP contribution is -2.07. The van der Waals surface area contributed by atoms with Gasteiger partial charge in [-0.1, -0.05) is 11.6 Å². The van der Waals surface area contributed by atoms with Crippen molar-refractivity contribution in [2.75, 3.05) is 20.8 Å². The lowest BCUT2D eigenvalue weighted by atomic mass is 10.0. The molecule has 0 atom stereocenters. The monoisotopic (exact) mass is 245 g/mol. The molecule has 0 radical (unpaired) electrons. The van der Waals surface area contributed by atoms with Gasteiger partial charge >= 0.3 is 0 Å². The average molecular weight is 246 g/mol. The Morgan fingerprint density at radius 2 is 2.00 bits per heavy atom. The highest BCUT2D eigenvalue weighted by Crippen LogP contribution is 2.37. The number of nitrogens with two attached hydrogens (primary N) is 1. The van der Waals surface area contributed by atoms with E-state index in [-0.39, 0.29) is 0 Å². The summed E-state index contributed by atoms with van der Waals surface area (Å²) in [6.07, 6.45) is 0.627. The fraction of sp³-hybridized carbons (Fsp3) is 0.455. The fourth-order valence-corrected chi connectivity index (χ4v) is 1.80. The Morgan fingerprint density at radius 1 is 1.31 bits per heavy atom. The lowest BCUT2D eigenvalue weighted by Gasteiger charge is -2.16. The van der Waals surface area contributed by atoms with Crippen LogP contribution >= 0.6 is 11.6 Å². The Morgan fingerprint density at radius 3 is 2.50 bits per heavy atom. The first-order chi connectivity index (χ1) is 7.65. The number of benzene rings is 1. The number of methoxy groups -OCH3 is 2. The summed E-state index contributed by atoms with van der Waals surface area (Å²) in [6.45, 7) is 2.33. The normalized spacial score (nSPS) is 10.3. The number of hydrogen-bond donors (Lipinski definition) is 1. The van der Waals surface area contributed by atoms with Crippen LogP contribution in [0.2, 0.25) is 5.02 Å². The second kappa shape index (κ2) is 5.94. The van der Waals surface area contributed by atoms with Gasteiger partial charge in [0, 0.05) is 23.1 Å². The number of halogens is 1. The Kier molecular flexibility index (Phi) is 4.86. The SMILES string of the molecule is COc1cc(Cl)c(C)c(CCON)c1OC. The molecule has 0 saturated carbocycles. The van der Waals surface area contributed by atoms with Crippen molar-refractivity contribution in [2.45, 2.75) is 13.3 Å². The Labute approximate surface area is 100 Å². The van der Waals surface area contributed by atoms with Gasteiger partial charge in [0.2, 0.25) is 0 Å². The van der Waals surface area contributed by atoms with Crippen LogP contribution in [0.1, 0.15) is 11.1 Å². The molecule has 5 heteroatoms. The second-order valence-corrected chi connectivity index (χ2v) is 3.73. The van der Waals surface area contributed by atoms with Crippen molar-refractivity contribution >= 4 is 11.6 Å². The van der Waals surface area contributed by atoms with Crippen LogP contribution < -0.4 is 15.4 Å². The zero-order valence-electron chi connectivity index (χ0n) is 9.67. The van der Waals surface area contributed by atoms with Crippen LogP contribution in [0.4, 0.5) is 0 Å². The van der Waals surface area contributed by atoms with Crippen LogP contribution in [0.5, 0.6) is 11.5 Å². The summed E-state index contributed by atoms with van der Waals surface area (Å²) in [6, 6.07) is 1.74. The van der Waals surface area contributed by atoms with Crippen LogP contribution in [0.15, 0.2) is 6.07 Å². The van der Waals surface area contributed by atoms with Gasteiger partial charge in [-0.25, -0.2) is 5.90 Å². The Balaban J connectivity index is 3.23. The van der Waals surface area contributed by atoms with E-state index >= 15 is 0 Å². The molecule has 1 rings (SSSR count). The molecule has 0 unspecified atom stereocenters. The molecular weight excluding hydrogens is 230 g/mol. The maximum absolute atomic E-state index is 6.10. The second-order valence-electron chi connectivity index (χ2n) is 3.32. The molecule has 0 bridgehead atoms. The van der Waals surface area contributed by atoms with E-state index in [1.807, 2.05) is 6.92 Å². The van der Waals surface area contributed by atoms with Gasteiger partial charge in [-0.05, 0) is 12.5 Å². The molecule has 4 nitrogen and oxygen atoms in total. The van der Waals surface area contributed by atoms with E-state index in [1.54, 1.807) is 20.3 Å². The third kappa shape index (κ3) is 2.58. The molecule has 0 fully saturated rings. The molecule has 1 aromatic carbocycles. The lowest BCUT2D eigenvalue weighted by molar-refractivity contribution is 0.140. The number of ether oxygens (including phenoxy) is 2. The van der Waals surface area contributed by atoms with E-state index in [0.717, 1.165) is 11.1 Å². The summed E-state index contributed by atoms with van der Waals surface area (Å²) < 4.78 is 10.5. The first kappa shape index (κ1) is 13.1. The van der Waals surface area contributed by atoms with E-state index in [4.69, 9.17) is 27.0 Å². The molecule has 0 aromatic heterocycles. The Hall–Kier alpha value is -0.970. The topological polar surface area (TPSA) is 53.7 Å². The van der Waals surface area contributed by atoms with Gasteiger partial charge in [-0.15, -0.1) is 0 Å². The summed E-state index contributed by atoms with van der Waals surface area (Å²) in [5, 5.41) is 0.643. The summed E-state index contributed by atoms with van der Waals surface area (Å²) >= 11 is 6.10. The van der Waals surface area contributed by atoms with Crippen molar-refractivity contribution in [2.24, 2.45) is 5.90 Å². The van der Waals surface area contributed by atoms with Crippen molar-refractivity contribution in [3.05, 3.63) is 22.2 Å². The number of rotatable bonds is 5.